The van der Waals surface area contributed by atoms with Crippen molar-refractivity contribution in [3.05, 3.63) is 34.9 Å². The Morgan fingerprint density at radius 3 is 2.89 bits per heavy atom. The van der Waals surface area contributed by atoms with Crippen LogP contribution in [-0.2, 0) is 17.9 Å². The van der Waals surface area contributed by atoms with Crippen LogP contribution in [0.4, 0.5) is 4.39 Å². The van der Waals surface area contributed by atoms with Gasteiger partial charge >= 0.3 is 0 Å². The first-order valence-corrected chi connectivity index (χ1v) is 6.03. The van der Waals surface area contributed by atoms with E-state index in [0.717, 1.165) is 0 Å². The highest BCUT2D eigenvalue weighted by Crippen LogP contribution is 2.26. The number of halogens is 2. The van der Waals surface area contributed by atoms with Crippen molar-refractivity contribution in [2.45, 2.75) is 13.2 Å². The molecule has 1 heterocycles. The number of hydrogen-bond donors (Lipinski definition) is 1. The van der Waals surface area contributed by atoms with Crippen LogP contribution < -0.4 is 0 Å². The van der Waals surface area contributed by atoms with Gasteiger partial charge in [-0.2, -0.15) is 0 Å². The van der Waals surface area contributed by atoms with E-state index in [1.165, 1.54) is 6.07 Å². The molecule has 0 aliphatic carbocycles. The van der Waals surface area contributed by atoms with Crippen molar-refractivity contribution in [1.29, 1.82) is 0 Å². The molecule has 7 heteroatoms. The molecule has 19 heavy (non-hydrogen) atoms. The first kappa shape index (κ1) is 13.9. The molecule has 0 aliphatic rings. The summed E-state index contributed by atoms with van der Waals surface area (Å²) in [4.78, 5) is 0. The topological polar surface area (TPSA) is 60.2 Å². The van der Waals surface area contributed by atoms with Crippen LogP contribution in [0.2, 0.25) is 5.02 Å². The molecule has 0 amide bonds. The zero-order chi connectivity index (χ0) is 13.8. The van der Waals surface area contributed by atoms with E-state index < -0.39 is 5.82 Å². The van der Waals surface area contributed by atoms with Crippen LogP contribution in [0.5, 0.6) is 0 Å². The van der Waals surface area contributed by atoms with Crippen molar-refractivity contribution in [3.8, 4) is 11.4 Å². The van der Waals surface area contributed by atoms with Gasteiger partial charge in [0.05, 0.1) is 17.2 Å². The van der Waals surface area contributed by atoms with E-state index in [0.29, 0.717) is 24.8 Å². The predicted octanol–water partition coefficient (Wildman–Crippen LogP) is 1.88. The Morgan fingerprint density at radius 1 is 1.42 bits per heavy atom. The maximum Gasteiger partial charge on any atom is 0.167 e. The largest absolute Gasteiger partial charge is 0.388 e. The highest BCUT2D eigenvalue weighted by Gasteiger charge is 2.17. The van der Waals surface area contributed by atoms with Gasteiger partial charge in [-0.1, -0.05) is 17.7 Å². The van der Waals surface area contributed by atoms with Gasteiger partial charge in [-0.3, -0.25) is 0 Å². The van der Waals surface area contributed by atoms with Gasteiger partial charge in [-0.25, -0.2) is 4.39 Å². The van der Waals surface area contributed by atoms with E-state index in [2.05, 4.69) is 10.2 Å². The number of aliphatic hydroxyl groups excluding tert-OH is 1. The molecule has 0 aliphatic heterocycles. The van der Waals surface area contributed by atoms with Gasteiger partial charge in [0.25, 0.3) is 0 Å². The summed E-state index contributed by atoms with van der Waals surface area (Å²) in [7, 11) is 1.56. The molecule has 0 atom stereocenters. The lowest BCUT2D eigenvalue weighted by atomic mass is 10.2. The first-order valence-electron chi connectivity index (χ1n) is 5.65. The lowest BCUT2D eigenvalue weighted by Gasteiger charge is -2.09. The maximum atomic E-state index is 14.0. The minimum absolute atomic E-state index is 0.0179. The zero-order valence-corrected chi connectivity index (χ0v) is 11.1. The fourth-order valence-electron chi connectivity index (χ4n) is 1.75. The van der Waals surface area contributed by atoms with E-state index in [1.807, 2.05) is 0 Å². The number of hydrogen-bond acceptors (Lipinski definition) is 4. The Kier molecular flexibility index (Phi) is 4.47. The molecule has 1 aromatic carbocycles. The maximum absolute atomic E-state index is 14.0. The van der Waals surface area contributed by atoms with Crippen LogP contribution in [-0.4, -0.2) is 33.6 Å². The van der Waals surface area contributed by atoms with E-state index in [-0.39, 0.29) is 17.2 Å². The number of benzene rings is 1. The van der Waals surface area contributed by atoms with Crippen LogP contribution in [0.25, 0.3) is 11.4 Å². The second-order valence-corrected chi connectivity index (χ2v) is 4.25. The minimum atomic E-state index is -0.556. The number of nitrogens with zero attached hydrogens (tertiary/aromatic N) is 3. The van der Waals surface area contributed by atoms with Crippen molar-refractivity contribution < 1.29 is 14.2 Å². The Hall–Kier alpha value is -1.50. The van der Waals surface area contributed by atoms with Gasteiger partial charge in [-0.15, -0.1) is 10.2 Å². The van der Waals surface area contributed by atoms with E-state index in [9.17, 15) is 9.50 Å². The van der Waals surface area contributed by atoms with Gasteiger partial charge in [0.1, 0.15) is 6.61 Å². The molecule has 1 N–H and O–H groups in total. The lowest BCUT2D eigenvalue weighted by molar-refractivity contribution is 0.183. The van der Waals surface area contributed by atoms with Gasteiger partial charge in [0.15, 0.2) is 17.5 Å². The van der Waals surface area contributed by atoms with Crippen LogP contribution in [0.1, 0.15) is 5.82 Å². The number of aliphatic hydroxyl groups is 1. The fourth-order valence-corrected chi connectivity index (χ4v) is 1.92. The van der Waals surface area contributed by atoms with Crippen LogP contribution >= 0.6 is 11.6 Å². The molecule has 2 rings (SSSR count). The molecule has 0 fully saturated rings. The molecule has 5 nitrogen and oxygen atoms in total. The Bertz CT molecular complexity index is 574. The Balaban J connectivity index is 2.49. The SMILES string of the molecule is COCCn1c(CO)nnc1-c1cccc(Cl)c1F. The summed E-state index contributed by atoms with van der Waals surface area (Å²) < 4.78 is 20.6. The van der Waals surface area contributed by atoms with Crippen molar-refractivity contribution in [2.24, 2.45) is 0 Å². The highest BCUT2D eigenvalue weighted by molar-refractivity contribution is 6.31. The van der Waals surface area contributed by atoms with Crippen LogP contribution in [0, 0.1) is 5.82 Å². The molecular weight excluding hydrogens is 273 g/mol. The van der Waals surface area contributed by atoms with Crippen LogP contribution in [0.15, 0.2) is 18.2 Å². The van der Waals surface area contributed by atoms with Crippen molar-refractivity contribution in [1.82, 2.24) is 14.8 Å². The molecule has 0 saturated carbocycles. The van der Waals surface area contributed by atoms with Gasteiger partial charge in [-0.05, 0) is 12.1 Å². The minimum Gasteiger partial charge on any atom is -0.388 e. The summed E-state index contributed by atoms with van der Waals surface area (Å²) in [5.41, 5.74) is 0.246. The molecule has 0 bridgehead atoms. The average molecular weight is 286 g/mol. The predicted molar refractivity (Wildman–Crippen MR) is 68.2 cm³/mol. The van der Waals surface area contributed by atoms with Gasteiger partial charge < -0.3 is 14.4 Å². The van der Waals surface area contributed by atoms with Gasteiger partial charge in [0.2, 0.25) is 0 Å². The van der Waals surface area contributed by atoms with E-state index in [1.54, 1.807) is 23.8 Å². The summed E-state index contributed by atoms with van der Waals surface area (Å²) in [5.74, 6) is 0.118. The van der Waals surface area contributed by atoms with Gasteiger partial charge in [0, 0.05) is 13.7 Å². The van der Waals surface area contributed by atoms with Crippen molar-refractivity contribution in [2.75, 3.05) is 13.7 Å². The molecule has 0 unspecified atom stereocenters. The van der Waals surface area contributed by atoms with Crippen molar-refractivity contribution in [3.63, 3.8) is 0 Å². The summed E-state index contributed by atoms with van der Waals surface area (Å²) in [5, 5.41) is 17.0. The quantitative estimate of drug-likeness (QED) is 0.911. The number of ether oxygens (including phenoxy) is 1. The zero-order valence-electron chi connectivity index (χ0n) is 10.3. The molecule has 1 aromatic heterocycles. The number of aromatic nitrogens is 3. The number of methoxy groups -OCH3 is 1. The molecule has 0 spiro atoms. The van der Waals surface area contributed by atoms with Crippen LogP contribution in [0.3, 0.4) is 0 Å². The first-order chi connectivity index (χ1) is 9.19. The Morgan fingerprint density at radius 2 is 2.21 bits per heavy atom. The third-order valence-electron chi connectivity index (χ3n) is 2.68. The van der Waals surface area contributed by atoms with E-state index in [4.69, 9.17) is 16.3 Å². The second-order valence-electron chi connectivity index (χ2n) is 3.84. The summed E-state index contributed by atoms with van der Waals surface area (Å²) in [6.07, 6.45) is 0. The molecule has 102 valence electrons. The average Bonchev–Trinajstić information content (AvgIpc) is 2.82. The lowest BCUT2D eigenvalue weighted by Crippen LogP contribution is -2.10. The smallest absolute Gasteiger partial charge is 0.167 e. The molecule has 0 saturated heterocycles. The molecule has 0 radical (unpaired) electrons. The third kappa shape index (κ3) is 2.75. The highest BCUT2D eigenvalue weighted by atomic mass is 35.5. The molecule has 2 aromatic rings. The van der Waals surface area contributed by atoms with E-state index >= 15 is 0 Å². The summed E-state index contributed by atoms with van der Waals surface area (Å²) in [6, 6.07) is 4.66. The summed E-state index contributed by atoms with van der Waals surface area (Å²) in [6.45, 7) is 0.541. The normalized spacial score (nSPS) is 10.9. The molecular formula is C12H13ClFN3O2. The standard InChI is InChI=1S/C12H13ClFN3O2/c1-19-6-5-17-10(7-18)15-16-12(17)8-3-2-4-9(13)11(8)14/h2-4,18H,5-7H2,1H3. The number of rotatable bonds is 5. The Labute approximate surface area is 114 Å². The summed E-state index contributed by atoms with van der Waals surface area (Å²) >= 11 is 5.75. The van der Waals surface area contributed by atoms with Crippen molar-refractivity contribution >= 4 is 11.6 Å². The third-order valence-corrected chi connectivity index (χ3v) is 2.97. The fraction of sp³-hybridized carbons (Fsp3) is 0.333. The monoisotopic (exact) mass is 285 g/mol. The second kappa shape index (κ2) is 6.10.